The first-order chi connectivity index (χ1) is 19.8. The Morgan fingerprint density at radius 2 is 1.54 bits per heavy atom. The molecule has 1 saturated heterocycles. The molecule has 7 nitrogen and oxygen atoms in total. The number of carbonyl (C=O) groups is 2. The molecule has 0 saturated carbocycles. The minimum absolute atomic E-state index is 0.166. The Morgan fingerprint density at radius 1 is 0.902 bits per heavy atom. The van der Waals surface area contributed by atoms with E-state index in [1.807, 2.05) is 73.8 Å². The van der Waals surface area contributed by atoms with Crippen LogP contribution in [-0.2, 0) is 17.8 Å². The fraction of sp³-hybridized carbons (Fsp3) is 0.265. The number of hydrogen-bond donors (Lipinski definition) is 2. The lowest BCUT2D eigenvalue weighted by Crippen LogP contribution is -2.46. The summed E-state index contributed by atoms with van der Waals surface area (Å²) in [5.41, 5.74) is 9.32. The maximum Gasteiger partial charge on any atom is 0.251 e. The van der Waals surface area contributed by atoms with E-state index in [1.54, 1.807) is 35.0 Å². The summed E-state index contributed by atoms with van der Waals surface area (Å²) in [6.07, 6.45) is 5.47. The molecule has 41 heavy (non-hydrogen) atoms. The van der Waals surface area contributed by atoms with Crippen LogP contribution in [0.5, 0.6) is 0 Å². The van der Waals surface area contributed by atoms with Crippen LogP contribution < -0.4 is 11.3 Å². The number of rotatable bonds is 8. The highest BCUT2D eigenvalue weighted by Gasteiger charge is 2.32. The van der Waals surface area contributed by atoms with Crippen molar-refractivity contribution in [3.8, 4) is 22.3 Å². The highest BCUT2D eigenvalue weighted by atomic mass is 16.3. The van der Waals surface area contributed by atoms with Gasteiger partial charge in [0.2, 0.25) is 5.91 Å². The lowest BCUT2D eigenvalue weighted by Gasteiger charge is -2.37. The molecule has 3 aromatic carbocycles. The summed E-state index contributed by atoms with van der Waals surface area (Å²) >= 11 is 0. The monoisotopic (exact) mass is 551 g/mol. The van der Waals surface area contributed by atoms with E-state index in [-0.39, 0.29) is 12.1 Å². The summed E-state index contributed by atoms with van der Waals surface area (Å²) < 4.78 is 1.59. The molecule has 1 amide bonds. The number of likely N-dealkylation sites (tertiary alicyclic amines) is 1. The molecule has 0 spiro atoms. The van der Waals surface area contributed by atoms with E-state index >= 15 is 0 Å². The van der Waals surface area contributed by atoms with Gasteiger partial charge < -0.3 is 25.1 Å². The minimum atomic E-state index is -0.920. The van der Waals surface area contributed by atoms with Gasteiger partial charge in [0.05, 0.1) is 12.1 Å². The average Bonchev–Trinajstić information content (AvgIpc) is 3.00. The zero-order valence-corrected chi connectivity index (χ0v) is 23.4. The fourth-order valence-corrected chi connectivity index (χ4v) is 5.00. The lowest BCUT2D eigenvalue weighted by molar-refractivity contribution is -0.107. The zero-order valence-electron chi connectivity index (χ0n) is 23.4. The largest absolute Gasteiger partial charge is 0.388 e. The maximum atomic E-state index is 13.0. The number of amides is 1. The Morgan fingerprint density at radius 3 is 2.17 bits per heavy atom. The summed E-state index contributed by atoms with van der Waals surface area (Å²) in [4.78, 5) is 36.9. The average molecular weight is 552 g/mol. The van der Waals surface area contributed by atoms with Crippen molar-refractivity contribution in [1.29, 1.82) is 0 Å². The molecule has 0 atom stereocenters. The van der Waals surface area contributed by atoms with E-state index in [9.17, 15) is 19.5 Å². The third kappa shape index (κ3) is 8.10. The first-order valence-corrected chi connectivity index (χ1v) is 13.9. The Bertz CT molecular complexity index is 1510. The Balaban J connectivity index is 0.000000328. The topological polar surface area (TPSA) is 106 Å². The number of hydrogen-bond acceptors (Lipinski definition) is 5. The van der Waals surface area contributed by atoms with Crippen LogP contribution in [0.4, 0.5) is 0 Å². The van der Waals surface area contributed by atoms with Crippen LogP contribution in [0, 0.1) is 0 Å². The second kappa shape index (κ2) is 13.8. The number of nitrogens with two attached hydrogens (primary N) is 1. The molecule has 0 unspecified atom stereocenters. The third-order valence-corrected chi connectivity index (χ3v) is 7.44. The van der Waals surface area contributed by atoms with Crippen molar-refractivity contribution < 1.29 is 14.7 Å². The molecule has 2 heterocycles. The number of pyridine rings is 1. The van der Waals surface area contributed by atoms with Gasteiger partial charge in [0.25, 0.3) is 5.56 Å². The van der Waals surface area contributed by atoms with Gasteiger partial charge in [-0.1, -0.05) is 72.8 Å². The summed E-state index contributed by atoms with van der Waals surface area (Å²) in [6, 6.07) is 28.4. The standard InChI is InChI=1S/C25H27N3O3.C9H10O/c1-27-12-10-25(31,11-13-27)17-28-16-22(19-8-5-9-20(14-19)24(26)30)21(15-23(28)29)18-6-3-2-4-7-18;10-8-4-7-9-5-2-1-3-6-9/h2-9,14-16,31H,10-13,17H2,1H3,(H2,26,30);1-3,5-6,8H,4,7H2. The highest BCUT2D eigenvalue weighted by Crippen LogP contribution is 2.32. The van der Waals surface area contributed by atoms with Gasteiger partial charge in [0.15, 0.2) is 0 Å². The first kappa shape index (κ1) is 29.6. The van der Waals surface area contributed by atoms with Crippen molar-refractivity contribution >= 4 is 12.2 Å². The minimum Gasteiger partial charge on any atom is -0.388 e. The van der Waals surface area contributed by atoms with Crippen LogP contribution in [0.15, 0.2) is 102 Å². The molecule has 0 radical (unpaired) electrons. The molecule has 4 aromatic rings. The van der Waals surface area contributed by atoms with Gasteiger partial charge in [-0.2, -0.15) is 0 Å². The number of aromatic nitrogens is 1. The summed E-state index contributed by atoms with van der Waals surface area (Å²) in [5, 5.41) is 11.1. The number of primary amides is 1. The van der Waals surface area contributed by atoms with E-state index in [0.717, 1.165) is 48.1 Å². The summed E-state index contributed by atoms with van der Waals surface area (Å²) in [7, 11) is 2.03. The zero-order chi connectivity index (χ0) is 29.2. The van der Waals surface area contributed by atoms with E-state index < -0.39 is 11.5 Å². The maximum absolute atomic E-state index is 13.0. The van der Waals surface area contributed by atoms with Crippen molar-refractivity contribution in [2.24, 2.45) is 5.73 Å². The number of aldehydes is 1. The van der Waals surface area contributed by atoms with Crippen LogP contribution in [0.25, 0.3) is 22.3 Å². The summed E-state index contributed by atoms with van der Waals surface area (Å²) in [6.45, 7) is 1.82. The molecular weight excluding hydrogens is 514 g/mol. The Kier molecular flexibility index (Phi) is 10.0. The van der Waals surface area contributed by atoms with Gasteiger partial charge in [-0.25, -0.2) is 0 Å². The van der Waals surface area contributed by atoms with Crippen LogP contribution >= 0.6 is 0 Å². The fourth-order valence-electron chi connectivity index (χ4n) is 5.00. The predicted molar refractivity (Wildman–Crippen MR) is 163 cm³/mol. The smallest absolute Gasteiger partial charge is 0.251 e. The van der Waals surface area contributed by atoms with Gasteiger partial charge in [-0.05, 0) is 60.7 Å². The molecule has 212 valence electrons. The van der Waals surface area contributed by atoms with Crippen LogP contribution in [0.1, 0.15) is 35.2 Å². The van der Waals surface area contributed by atoms with Crippen molar-refractivity contribution in [3.63, 3.8) is 0 Å². The predicted octanol–water partition coefficient (Wildman–Crippen LogP) is 4.56. The van der Waals surface area contributed by atoms with Gasteiger partial charge in [-0.15, -0.1) is 0 Å². The number of nitrogens with zero attached hydrogens (tertiary/aromatic N) is 2. The Hall–Kier alpha value is -4.33. The van der Waals surface area contributed by atoms with Gasteiger partial charge in [-0.3, -0.25) is 9.59 Å². The van der Waals surface area contributed by atoms with Crippen molar-refractivity contribution in [2.45, 2.75) is 37.8 Å². The van der Waals surface area contributed by atoms with Crippen molar-refractivity contribution in [2.75, 3.05) is 20.1 Å². The molecule has 3 N–H and O–H groups in total. The number of carbonyl (C=O) groups excluding carboxylic acids is 2. The molecule has 1 fully saturated rings. The molecule has 0 bridgehead atoms. The molecule has 5 rings (SSSR count). The van der Waals surface area contributed by atoms with Gasteiger partial charge >= 0.3 is 0 Å². The number of aliphatic hydroxyl groups is 1. The Labute approximate surface area is 240 Å². The SMILES string of the molecule is CN1CCC(O)(Cn2cc(-c3cccc(C(N)=O)c3)c(-c3ccccc3)cc2=O)CC1.O=CCCc1ccccc1. The normalized spacial score (nSPS) is 14.5. The second-order valence-electron chi connectivity index (χ2n) is 10.6. The third-order valence-electron chi connectivity index (χ3n) is 7.44. The van der Waals surface area contributed by atoms with E-state index in [0.29, 0.717) is 24.8 Å². The molecule has 1 aliphatic heterocycles. The molecular formula is C34H37N3O4. The molecule has 1 aliphatic rings. The summed E-state index contributed by atoms with van der Waals surface area (Å²) in [5.74, 6) is -0.503. The number of piperidine rings is 1. The van der Waals surface area contributed by atoms with Crippen LogP contribution in [0.3, 0.4) is 0 Å². The van der Waals surface area contributed by atoms with E-state index in [2.05, 4.69) is 4.90 Å². The number of aryl methyl sites for hydroxylation is 1. The lowest BCUT2D eigenvalue weighted by atomic mass is 9.91. The van der Waals surface area contributed by atoms with E-state index in [1.165, 1.54) is 5.56 Å². The van der Waals surface area contributed by atoms with Crippen LogP contribution in [-0.4, -0.2) is 52.5 Å². The second-order valence-corrected chi connectivity index (χ2v) is 10.6. The number of benzene rings is 3. The van der Waals surface area contributed by atoms with Crippen molar-refractivity contribution in [1.82, 2.24) is 9.47 Å². The molecule has 1 aromatic heterocycles. The van der Waals surface area contributed by atoms with Crippen molar-refractivity contribution in [3.05, 3.63) is 119 Å². The highest BCUT2D eigenvalue weighted by molar-refractivity contribution is 5.95. The molecule has 7 heteroatoms. The van der Waals surface area contributed by atoms with Gasteiger partial charge in [0, 0.05) is 42.9 Å². The molecule has 0 aliphatic carbocycles. The quantitative estimate of drug-likeness (QED) is 0.313. The van der Waals surface area contributed by atoms with Gasteiger partial charge in [0.1, 0.15) is 6.29 Å². The first-order valence-electron chi connectivity index (χ1n) is 13.9. The van der Waals surface area contributed by atoms with E-state index in [4.69, 9.17) is 5.73 Å². The van der Waals surface area contributed by atoms with Crippen LogP contribution in [0.2, 0.25) is 0 Å².